The summed E-state index contributed by atoms with van der Waals surface area (Å²) in [4.78, 5) is 18.3. The molecule has 1 amide bonds. The monoisotopic (exact) mass is 410 g/mol. The van der Waals surface area contributed by atoms with Gasteiger partial charge in [-0.15, -0.1) is 23.5 Å². The Labute approximate surface area is 174 Å². The van der Waals surface area contributed by atoms with E-state index >= 15 is 0 Å². The summed E-state index contributed by atoms with van der Waals surface area (Å²) in [5, 5.41) is 2.72. The number of ether oxygens (including phenoxy) is 1. The van der Waals surface area contributed by atoms with Crippen LogP contribution in [0.2, 0.25) is 0 Å². The average Bonchev–Trinajstić information content (AvgIpc) is 2.73. The first-order chi connectivity index (χ1) is 13.7. The van der Waals surface area contributed by atoms with E-state index in [9.17, 15) is 4.79 Å². The molecule has 0 aliphatic heterocycles. The second-order valence-corrected chi connectivity index (χ2v) is 8.17. The smallest absolute Gasteiger partial charge is 0.411 e. The highest BCUT2D eigenvalue weighted by atomic mass is 32.2. The molecular weight excluding hydrogens is 388 g/mol. The van der Waals surface area contributed by atoms with E-state index in [0.717, 1.165) is 11.4 Å². The Morgan fingerprint density at radius 1 is 1.00 bits per heavy atom. The summed E-state index contributed by atoms with van der Waals surface area (Å²) in [6, 6.07) is 19.7. The van der Waals surface area contributed by atoms with E-state index in [1.165, 1.54) is 20.9 Å². The Morgan fingerprint density at radius 3 is 2.57 bits per heavy atom. The fourth-order valence-corrected chi connectivity index (χ4v) is 4.39. The maximum absolute atomic E-state index is 11.8. The maximum Gasteiger partial charge on any atom is 0.411 e. The van der Waals surface area contributed by atoms with Crippen molar-refractivity contribution in [1.29, 1.82) is 0 Å². The third kappa shape index (κ3) is 6.32. The minimum atomic E-state index is -0.425. The van der Waals surface area contributed by atoms with Gasteiger partial charge < -0.3 is 4.74 Å². The molecule has 0 saturated heterocycles. The van der Waals surface area contributed by atoms with Crippen molar-refractivity contribution < 1.29 is 9.53 Å². The largest absolute Gasteiger partial charge is 0.448 e. The molecule has 1 aromatic heterocycles. The molecule has 0 bridgehead atoms. The Balaban J connectivity index is 1.45. The summed E-state index contributed by atoms with van der Waals surface area (Å²) in [6.45, 7) is 2.51. The summed E-state index contributed by atoms with van der Waals surface area (Å²) < 4.78 is 5.26. The molecule has 0 radical (unpaired) electrons. The van der Waals surface area contributed by atoms with Crippen molar-refractivity contribution in [3.05, 3.63) is 84.2 Å². The molecule has 28 heavy (non-hydrogen) atoms. The van der Waals surface area contributed by atoms with Crippen LogP contribution in [0, 0.1) is 6.92 Å². The highest BCUT2D eigenvalue weighted by molar-refractivity contribution is 7.99. The second kappa shape index (κ2) is 10.8. The Hall–Kier alpha value is -2.44. The molecule has 1 N–H and O–H groups in total. The van der Waals surface area contributed by atoms with Crippen molar-refractivity contribution >= 4 is 35.3 Å². The Bertz CT molecular complexity index is 890. The number of para-hydroxylation sites is 1. The Kier molecular flexibility index (Phi) is 7.82. The molecule has 0 fully saturated rings. The number of carbonyl (C=O) groups excluding carboxylic acids is 1. The normalized spacial score (nSPS) is 10.5. The zero-order valence-corrected chi connectivity index (χ0v) is 17.3. The molecule has 0 spiro atoms. The van der Waals surface area contributed by atoms with Gasteiger partial charge in [-0.25, -0.2) is 4.79 Å². The van der Waals surface area contributed by atoms with E-state index in [1.807, 2.05) is 54.9 Å². The highest BCUT2D eigenvalue weighted by Gasteiger charge is 2.07. The van der Waals surface area contributed by atoms with E-state index in [1.54, 1.807) is 23.5 Å². The number of benzene rings is 2. The average molecular weight is 411 g/mol. The SMILES string of the molecule is Cc1c(CSc2ccncc2)cccc1SCCOC(=O)Nc1ccccc1. The maximum atomic E-state index is 11.8. The first-order valence-corrected chi connectivity index (χ1v) is 10.9. The van der Waals surface area contributed by atoms with Gasteiger partial charge in [0, 0.05) is 39.4 Å². The van der Waals surface area contributed by atoms with Crippen LogP contribution in [-0.2, 0) is 10.5 Å². The van der Waals surface area contributed by atoms with Gasteiger partial charge in [0.25, 0.3) is 0 Å². The van der Waals surface area contributed by atoms with E-state index in [-0.39, 0.29) is 0 Å². The number of carbonyl (C=O) groups is 1. The fourth-order valence-electron chi connectivity index (χ4n) is 2.53. The molecular formula is C22H22N2O2S2. The van der Waals surface area contributed by atoms with Gasteiger partial charge in [-0.3, -0.25) is 10.3 Å². The van der Waals surface area contributed by atoms with Crippen molar-refractivity contribution in [3.8, 4) is 0 Å². The molecule has 0 aliphatic rings. The van der Waals surface area contributed by atoms with E-state index in [0.29, 0.717) is 12.4 Å². The topological polar surface area (TPSA) is 51.2 Å². The lowest BCUT2D eigenvalue weighted by atomic mass is 10.1. The fraction of sp³-hybridized carbons (Fsp3) is 0.182. The lowest BCUT2D eigenvalue weighted by molar-refractivity contribution is 0.169. The summed E-state index contributed by atoms with van der Waals surface area (Å²) >= 11 is 3.51. The second-order valence-electron chi connectivity index (χ2n) is 5.99. The van der Waals surface area contributed by atoms with Crippen LogP contribution >= 0.6 is 23.5 Å². The van der Waals surface area contributed by atoms with Gasteiger partial charge in [0.15, 0.2) is 0 Å². The number of aromatic nitrogens is 1. The van der Waals surface area contributed by atoms with Gasteiger partial charge in [0.05, 0.1) is 0 Å². The quantitative estimate of drug-likeness (QED) is 0.363. The lowest BCUT2D eigenvalue weighted by Gasteiger charge is -2.11. The van der Waals surface area contributed by atoms with Gasteiger partial charge in [0.2, 0.25) is 0 Å². The van der Waals surface area contributed by atoms with Crippen molar-refractivity contribution in [2.24, 2.45) is 0 Å². The van der Waals surface area contributed by atoms with E-state index < -0.39 is 6.09 Å². The number of rotatable bonds is 8. The first-order valence-electron chi connectivity index (χ1n) is 8.95. The number of hydrogen-bond donors (Lipinski definition) is 1. The van der Waals surface area contributed by atoms with Gasteiger partial charge in [0.1, 0.15) is 6.61 Å². The minimum Gasteiger partial charge on any atom is -0.448 e. The molecule has 3 aromatic rings. The predicted molar refractivity (Wildman–Crippen MR) is 117 cm³/mol. The van der Waals surface area contributed by atoms with Crippen molar-refractivity contribution in [2.45, 2.75) is 22.5 Å². The number of anilines is 1. The highest BCUT2D eigenvalue weighted by Crippen LogP contribution is 2.29. The van der Waals surface area contributed by atoms with Crippen LogP contribution in [0.25, 0.3) is 0 Å². The number of hydrogen-bond acceptors (Lipinski definition) is 5. The van der Waals surface area contributed by atoms with Crippen molar-refractivity contribution in [3.63, 3.8) is 0 Å². The zero-order chi connectivity index (χ0) is 19.6. The number of amides is 1. The number of nitrogens with one attached hydrogen (secondary N) is 1. The molecule has 3 rings (SSSR count). The predicted octanol–water partition coefficient (Wildman–Crippen LogP) is 6.02. The van der Waals surface area contributed by atoms with Crippen LogP contribution in [0.1, 0.15) is 11.1 Å². The molecule has 0 saturated carbocycles. The molecule has 144 valence electrons. The van der Waals surface area contributed by atoms with Crippen LogP contribution in [0.3, 0.4) is 0 Å². The number of pyridine rings is 1. The lowest BCUT2D eigenvalue weighted by Crippen LogP contribution is -2.15. The summed E-state index contributed by atoms with van der Waals surface area (Å²) in [5.74, 6) is 1.63. The minimum absolute atomic E-state index is 0.360. The first kappa shape index (κ1) is 20.3. The molecule has 6 heteroatoms. The van der Waals surface area contributed by atoms with Crippen LogP contribution < -0.4 is 5.32 Å². The summed E-state index contributed by atoms with van der Waals surface area (Å²) in [6.07, 6.45) is 3.20. The number of thioether (sulfide) groups is 2. The molecule has 0 atom stereocenters. The van der Waals surface area contributed by atoms with Crippen LogP contribution in [0.5, 0.6) is 0 Å². The molecule has 0 aliphatic carbocycles. The Morgan fingerprint density at radius 2 is 1.79 bits per heavy atom. The molecule has 1 heterocycles. The van der Waals surface area contributed by atoms with Gasteiger partial charge in [-0.1, -0.05) is 30.3 Å². The van der Waals surface area contributed by atoms with Gasteiger partial charge in [-0.2, -0.15) is 0 Å². The standard InChI is InChI=1S/C22H22N2O2S2/c1-17-18(16-28-20-10-12-23-13-11-20)6-5-9-21(17)27-15-14-26-22(25)24-19-7-3-2-4-8-19/h2-13H,14-16H2,1H3,(H,24,25). The zero-order valence-electron chi connectivity index (χ0n) is 15.6. The molecule has 2 aromatic carbocycles. The van der Waals surface area contributed by atoms with Gasteiger partial charge >= 0.3 is 6.09 Å². The van der Waals surface area contributed by atoms with E-state index in [2.05, 4.69) is 35.4 Å². The third-order valence-electron chi connectivity index (χ3n) is 4.03. The molecule has 4 nitrogen and oxygen atoms in total. The summed E-state index contributed by atoms with van der Waals surface area (Å²) in [7, 11) is 0. The van der Waals surface area contributed by atoms with E-state index in [4.69, 9.17) is 4.74 Å². The van der Waals surface area contributed by atoms with Crippen molar-refractivity contribution in [2.75, 3.05) is 17.7 Å². The van der Waals surface area contributed by atoms with Crippen molar-refractivity contribution in [1.82, 2.24) is 4.98 Å². The number of nitrogens with zero attached hydrogens (tertiary/aromatic N) is 1. The van der Waals surface area contributed by atoms with Crippen LogP contribution in [0.4, 0.5) is 10.5 Å². The van der Waals surface area contributed by atoms with Crippen LogP contribution in [-0.4, -0.2) is 23.4 Å². The third-order valence-corrected chi connectivity index (χ3v) is 6.22. The van der Waals surface area contributed by atoms with Gasteiger partial charge in [-0.05, 0) is 48.4 Å². The molecule has 0 unspecified atom stereocenters. The summed E-state index contributed by atoms with van der Waals surface area (Å²) in [5.41, 5.74) is 3.33. The van der Waals surface area contributed by atoms with Crippen LogP contribution in [0.15, 0.2) is 82.8 Å².